The highest BCUT2D eigenvalue weighted by Gasteiger charge is 2.51. The average Bonchev–Trinajstić information content (AvgIpc) is 3.63. The largest absolute Gasteiger partial charge is 0.264 e. The predicted octanol–water partition coefficient (Wildman–Crippen LogP) is 14.2. The first-order chi connectivity index (χ1) is 29.8. The summed E-state index contributed by atoms with van der Waals surface area (Å²) in [6.07, 6.45) is 3.90. The van der Waals surface area contributed by atoms with E-state index in [4.69, 9.17) is 9.97 Å². The van der Waals surface area contributed by atoms with Crippen molar-refractivity contribution in [3.8, 4) is 67.3 Å². The van der Waals surface area contributed by atoms with Gasteiger partial charge in [0.2, 0.25) is 0 Å². The van der Waals surface area contributed by atoms with Gasteiger partial charge in [-0.1, -0.05) is 188 Å². The molecule has 4 heteroatoms. The smallest absolute Gasteiger partial charge is 0.160 e. The molecule has 280 valence electrons. The summed E-state index contributed by atoms with van der Waals surface area (Å²) in [5, 5.41) is 2.32. The van der Waals surface area contributed by atoms with E-state index in [2.05, 4.69) is 181 Å². The summed E-state index contributed by atoms with van der Waals surface area (Å²) in [6.45, 7) is 0. The van der Waals surface area contributed by atoms with Crippen molar-refractivity contribution in [3.05, 3.63) is 235 Å². The number of hydrogen-bond acceptors (Lipinski definition) is 4. The second kappa shape index (κ2) is 13.9. The molecule has 0 N–H and O–H groups in total. The van der Waals surface area contributed by atoms with E-state index in [1.165, 1.54) is 65.2 Å². The van der Waals surface area contributed by atoms with E-state index in [1.807, 2.05) is 48.4 Å². The van der Waals surface area contributed by atoms with Gasteiger partial charge in [0.05, 0.1) is 16.8 Å². The Morgan fingerprint density at radius 1 is 0.383 bits per heavy atom. The van der Waals surface area contributed by atoms with Crippen LogP contribution in [0.5, 0.6) is 0 Å². The average molecular weight is 782 g/mol. The third kappa shape index (κ3) is 5.28. The monoisotopic (exact) mass is 781 g/mol. The molecule has 0 unspecified atom stereocenters. The number of hydrogen-bond donors (Lipinski definition) is 0. The Morgan fingerprint density at radius 2 is 0.900 bits per heavy atom. The number of pyridine rings is 1. The van der Waals surface area contributed by atoms with Crippen molar-refractivity contribution in [3.63, 3.8) is 0 Å². The maximum absolute atomic E-state index is 5.14. The first-order valence-corrected chi connectivity index (χ1v) is 21.2. The Morgan fingerprint density at radius 3 is 1.58 bits per heavy atom. The standard InChI is InChI=1S/C56H35N3S/c1-3-14-38(15-4-1)49-34-50(59-55(58-49)40-16-5-2-6-17-40)39-30-28-37(29-31-39)41-19-12-24-47-53(41)54-43(42-20-11-18-36-32-33-57-35-44(36)42)21-13-25-48(54)56(47)45-22-7-9-26-51(45)60-52-27-10-8-23-46(52)56/h1-35H. The van der Waals surface area contributed by atoms with Gasteiger partial charge >= 0.3 is 0 Å². The van der Waals surface area contributed by atoms with Crippen molar-refractivity contribution >= 4 is 22.5 Å². The molecule has 3 nitrogen and oxygen atoms in total. The van der Waals surface area contributed by atoms with Crippen molar-refractivity contribution in [1.29, 1.82) is 0 Å². The van der Waals surface area contributed by atoms with Crippen molar-refractivity contribution in [2.45, 2.75) is 15.2 Å². The molecule has 1 aliphatic heterocycles. The zero-order valence-corrected chi connectivity index (χ0v) is 33.3. The summed E-state index contributed by atoms with van der Waals surface area (Å²) in [6, 6.07) is 72.3. The zero-order chi connectivity index (χ0) is 39.6. The number of benzene rings is 8. The third-order valence-electron chi connectivity index (χ3n) is 12.3. The molecule has 0 saturated carbocycles. The molecule has 10 aromatic rings. The molecule has 0 amide bonds. The van der Waals surface area contributed by atoms with Crippen molar-refractivity contribution < 1.29 is 0 Å². The Kier molecular flexibility index (Phi) is 8.00. The lowest BCUT2D eigenvalue weighted by Crippen LogP contribution is -2.31. The highest BCUT2D eigenvalue weighted by atomic mass is 32.2. The van der Waals surface area contributed by atoms with E-state index < -0.39 is 5.41 Å². The van der Waals surface area contributed by atoms with E-state index in [0.717, 1.165) is 39.0 Å². The Bertz CT molecular complexity index is 3180. The SMILES string of the molecule is c1ccc(-c2cc(-c3ccc(-c4cccc5c4-c4c(-c6cccc7ccncc67)cccc4C54c5ccccc5Sc5ccccc54)cc3)nc(-c3ccccc3)n2)cc1. The predicted molar refractivity (Wildman–Crippen MR) is 246 cm³/mol. The molecule has 1 spiro atoms. The van der Waals surface area contributed by atoms with Crippen LogP contribution in [0.15, 0.2) is 222 Å². The molecule has 0 atom stereocenters. The van der Waals surface area contributed by atoms with Crippen LogP contribution < -0.4 is 0 Å². The van der Waals surface area contributed by atoms with Crippen LogP contribution in [0, 0.1) is 0 Å². The zero-order valence-electron chi connectivity index (χ0n) is 32.5. The number of nitrogens with zero attached hydrogens (tertiary/aromatic N) is 3. The highest BCUT2D eigenvalue weighted by molar-refractivity contribution is 7.99. The van der Waals surface area contributed by atoms with Gasteiger partial charge in [0.15, 0.2) is 5.82 Å². The van der Waals surface area contributed by atoms with Crippen LogP contribution in [0.25, 0.3) is 78.1 Å². The summed E-state index contributed by atoms with van der Waals surface area (Å²) in [5.41, 5.74) is 16.9. The van der Waals surface area contributed by atoms with Crippen LogP contribution in [0.3, 0.4) is 0 Å². The molecule has 0 saturated heterocycles. The normalized spacial score (nSPS) is 13.1. The molecule has 0 fully saturated rings. The number of aromatic nitrogens is 3. The molecule has 60 heavy (non-hydrogen) atoms. The Hall–Kier alpha value is -7.40. The second-order valence-electron chi connectivity index (χ2n) is 15.5. The van der Waals surface area contributed by atoms with Crippen LogP contribution >= 0.6 is 11.8 Å². The summed E-state index contributed by atoms with van der Waals surface area (Å²) in [7, 11) is 0. The molecule has 2 aromatic heterocycles. The molecular weight excluding hydrogens is 747 g/mol. The second-order valence-corrected chi connectivity index (χ2v) is 16.6. The quantitative estimate of drug-likeness (QED) is 0.174. The van der Waals surface area contributed by atoms with E-state index >= 15 is 0 Å². The Labute approximate surface area is 353 Å². The minimum absolute atomic E-state index is 0.513. The van der Waals surface area contributed by atoms with Gasteiger partial charge in [0, 0.05) is 44.3 Å². The lowest BCUT2D eigenvalue weighted by molar-refractivity contribution is 0.722. The fourth-order valence-electron chi connectivity index (χ4n) is 9.69. The molecule has 8 aromatic carbocycles. The van der Waals surface area contributed by atoms with Crippen LogP contribution in [0.2, 0.25) is 0 Å². The molecule has 0 bridgehead atoms. The first kappa shape index (κ1) is 34.6. The van der Waals surface area contributed by atoms with Gasteiger partial charge in [-0.25, -0.2) is 9.97 Å². The fraction of sp³-hybridized carbons (Fsp3) is 0.0179. The third-order valence-corrected chi connectivity index (χ3v) is 13.4. The van der Waals surface area contributed by atoms with Gasteiger partial charge in [-0.3, -0.25) is 4.98 Å². The first-order valence-electron chi connectivity index (χ1n) is 20.3. The molecule has 3 heterocycles. The molecule has 1 aliphatic carbocycles. The summed E-state index contributed by atoms with van der Waals surface area (Å²) in [4.78, 5) is 17.4. The maximum atomic E-state index is 5.14. The van der Waals surface area contributed by atoms with Gasteiger partial charge in [-0.2, -0.15) is 0 Å². The van der Waals surface area contributed by atoms with Gasteiger partial charge < -0.3 is 0 Å². The topological polar surface area (TPSA) is 38.7 Å². The summed E-state index contributed by atoms with van der Waals surface area (Å²) >= 11 is 1.88. The minimum Gasteiger partial charge on any atom is -0.264 e. The van der Waals surface area contributed by atoms with Crippen LogP contribution in [-0.2, 0) is 5.41 Å². The molecular formula is C56H35N3S. The summed E-state index contributed by atoms with van der Waals surface area (Å²) in [5.74, 6) is 0.709. The lowest BCUT2D eigenvalue weighted by Gasteiger charge is -2.39. The van der Waals surface area contributed by atoms with E-state index in [0.29, 0.717) is 5.82 Å². The minimum atomic E-state index is -0.513. The van der Waals surface area contributed by atoms with Crippen LogP contribution in [0.4, 0.5) is 0 Å². The fourth-order valence-corrected chi connectivity index (χ4v) is 10.9. The molecule has 0 radical (unpaired) electrons. The lowest BCUT2D eigenvalue weighted by atomic mass is 9.67. The van der Waals surface area contributed by atoms with Gasteiger partial charge in [-0.05, 0) is 85.3 Å². The van der Waals surface area contributed by atoms with Gasteiger partial charge in [-0.15, -0.1) is 0 Å². The number of rotatable bonds is 5. The van der Waals surface area contributed by atoms with Crippen LogP contribution in [-0.4, -0.2) is 15.0 Å². The van der Waals surface area contributed by atoms with Crippen molar-refractivity contribution in [2.75, 3.05) is 0 Å². The van der Waals surface area contributed by atoms with E-state index in [9.17, 15) is 0 Å². The molecule has 2 aliphatic rings. The van der Waals surface area contributed by atoms with Crippen molar-refractivity contribution in [1.82, 2.24) is 15.0 Å². The number of fused-ring (bicyclic) bond motifs is 10. The van der Waals surface area contributed by atoms with Gasteiger partial charge in [0.1, 0.15) is 0 Å². The Balaban J connectivity index is 1.10. The van der Waals surface area contributed by atoms with Crippen molar-refractivity contribution in [2.24, 2.45) is 0 Å². The maximum Gasteiger partial charge on any atom is 0.160 e. The molecule has 12 rings (SSSR count). The van der Waals surface area contributed by atoms with E-state index in [1.54, 1.807) is 0 Å². The van der Waals surface area contributed by atoms with Gasteiger partial charge in [0.25, 0.3) is 0 Å². The van der Waals surface area contributed by atoms with E-state index in [-0.39, 0.29) is 0 Å². The summed E-state index contributed by atoms with van der Waals surface area (Å²) < 4.78 is 0. The highest BCUT2D eigenvalue weighted by Crippen LogP contribution is 2.65. The van der Waals surface area contributed by atoms with Crippen LogP contribution in [0.1, 0.15) is 22.3 Å².